The summed E-state index contributed by atoms with van der Waals surface area (Å²) in [5, 5.41) is 3.65. The normalized spacial score (nSPS) is 21.8. The van der Waals surface area contributed by atoms with Crippen LogP contribution in [-0.2, 0) is 0 Å². The van der Waals surface area contributed by atoms with Gasteiger partial charge < -0.3 is 15.1 Å². The zero-order valence-electron chi connectivity index (χ0n) is 13.8. The van der Waals surface area contributed by atoms with Gasteiger partial charge in [-0.25, -0.2) is 0 Å². The third-order valence-electron chi connectivity index (χ3n) is 4.21. The number of hydrogen-bond acceptors (Lipinski definition) is 3. The first kappa shape index (κ1) is 16.9. The van der Waals surface area contributed by atoms with Crippen molar-refractivity contribution >= 4 is 0 Å². The van der Waals surface area contributed by atoms with Crippen molar-refractivity contribution in [3.8, 4) is 0 Å². The van der Waals surface area contributed by atoms with Crippen LogP contribution in [-0.4, -0.2) is 61.7 Å². The highest BCUT2D eigenvalue weighted by Gasteiger charge is 2.19. The van der Waals surface area contributed by atoms with Crippen molar-refractivity contribution in [2.24, 2.45) is 5.92 Å². The van der Waals surface area contributed by atoms with Crippen LogP contribution in [0.4, 0.5) is 0 Å². The topological polar surface area (TPSA) is 18.5 Å². The van der Waals surface area contributed by atoms with Gasteiger partial charge in [-0.15, -0.1) is 0 Å². The summed E-state index contributed by atoms with van der Waals surface area (Å²) in [5.74, 6) is 0.803. The number of piperazine rings is 1. The molecule has 0 aromatic rings. The van der Waals surface area contributed by atoms with Gasteiger partial charge in [0.1, 0.15) is 0 Å². The molecule has 1 rings (SSSR count). The lowest BCUT2D eigenvalue weighted by Gasteiger charge is -2.34. The van der Waals surface area contributed by atoms with Crippen molar-refractivity contribution in [3.63, 3.8) is 0 Å². The van der Waals surface area contributed by atoms with E-state index in [0.29, 0.717) is 12.1 Å². The fraction of sp³-hybridized carbons (Fsp3) is 1.00. The van der Waals surface area contributed by atoms with Gasteiger partial charge >= 0.3 is 0 Å². The van der Waals surface area contributed by atoms with E-state index in [-0.39, 0.29) is 0 Å². The molecule has 3 nitrogen and oxygen atoms in total. The molecule has 114 valence electrons. The summed E-state index contributed by atoms with van der Waals surface area (Å²) in [6.07, 6.45) is 3.98. The van der Waals surface area contributed by atoms with Crippen molar-refractivity contribution in [2.45, 2.75) is 59.0 Å². The first-order valence-corrected chi connectivity index (χ1v) is 8.15. The maximum Gasteiger partial charge on any atom is 0.0197 e. The highest BCUT2D eigenvalue weighted by atomic mass is 15.2. The highest BCUT2D eigenvalue weighted by molar-refractivity contribution is 4.79. The fourth-order valence-electron chi connectivity index (χ4n) is 2.78. The van der Waals surface area contributed by atoms with Crippen LogP contribution in [0.15, 0.2) is 0 Å². The molecule has 0 amide bonds. The highest BCUT2D eigenvalue weighted by Crippen LogP contribution is 2.10. The predicted molar refractivity (Wildman–Crippen MR) is 84.7 cm³/mol. The lowest BCUT2D eigenvalue weighted by atomic mass is 10.0. The van der Waals surface area contributed by atoms with Crippen molar-refractivity contribution < 1.29 is 0 Å². The van der Waals surface area contributed by atoms with Crippen LogP contribution in [0.1, 0.15) is 47.0 Å². The molecular weight excluding hydrogens is 234 g/mol. The molecule has 0 bridgehead atoms. The molecule has 1 atom stereocenters. The van der Waals surface area contributed by atoms with Gasteiger partial charge in [-0.1, -0.05) is 13.8 Å². The molecule has 1 aliphatic heterocycles. The van der Waals surface area contributed by atoms with Gasteiger partial charge in [0.05, 0.1) is 0 Å². The molecule has 19 heavy (non-hydrogen) atoms. The van der Waals surface area contributed by atoms with Gasteiger partial charge in [-0.05, 0) is 59.2 Å². The van der Waals surface area contributed by atoms with E-state index in [2.05, 4.69) is 49.9 Å². The predicted octanol–water partition coefficient (Wildman–Crippen LogP) is 2.43. The molecule has 0 radical (unpaired) electrons. The summed E-state index contributed by atoms with van der Waals surface area (Å²) < 4.78 is 0. The van der Waals surface area contributed by atoms with E-state index < -0.39 is 0 Å². The third kappa shape index (κ3) is 7.28. The Hall–Kier alpha value is -0.120. The van der Waals surface area contributed by atoms with Gasteiger partial charge in [-0.2, -0.15) is 0 Å². The van der Waals surface area contributed by atoms with Crippen molar-refractivity contribution in [2.75, 3.05) is 39.8 Å². The molecule has 0 aliphatic carbocycles. The standard InChI is InChI=1S/C16H35N3/c1-14(2)12-16-13-19(11-8-17-16)10-7-6-9-18(5)15(3)4/h14-17H,6-13H2,1-5H3. The number of rotatable bonds is 8. The molecule has 1 saturated heterocycles. The van der Waals surface area contributed by atoms with Crippen LogP contribution < -0.4 is 5.32 Å². The quantitative estimate of drug-likeness (QED) is 0.683. The first-order chi connectivity index (χ1) is 8.99. The largest absolute Gasteiger partial charge is 0.311 e. The number of hydrogen-bond donors (Lipinski definition) is 1. The van der Waals surface area contributed by atoms with Crippen molar-refractivity contribution in [3.05, 3.63) is 0 Å². The second-order valence-corrected chi connectivity index (χ2v) is 6.86. The average Bonchev–Trinajstić information content (AvgIpc) is 2.34. The van der Waals surface area contributed by atoms with Gasteiger partial charge in [0.25, 0.3) is 0 Å². The second-order valence-electron chi connectivity index (χ2n) is 6.86. The molecular formula is C16H35N3. The molecule has 0 aromatic heterocycles. The summed E-state index contributed by atoms with van der Waals surface area (Å²) in [5.41, 5.74) is 0. The summed E-state index contributed by atoms with van der Waals surface area (Å²) in [6.45, 7) is 15.3. The maximum absolute atomic E-state index is 3.65. The van der Waals surface area contributed by atoms with E-state index in [0.717, 1.165) is 5.92 Å². The smallest absolute Gasteiger partial charge is 0.0197 e. The second kappa shape index (κ2) is 8.93. The minimum atomic E-state index is 0.676. The van der Waals surface area contributed by atoms with Crippen LogP contribution >= 0.6 is 0 Å². The van der Waals surface area contributed by atoms with Gasteiger partial charge in [-0.3, -0.25) is 0 Å². The van der Waals surface area contributed by atoms with Crippen LogP contribution in [0.3, 0.4) is 0 Å². The Bertz CT molecular complexity index is 228. The molecule has 0 spiro atoms. The van der Waals surface area contributed by atoms with Gasteiger partial charge in [0.2, 0.25) is 0 Å². The summed E-state index contributed by atoms with van der Waals surface area (Å²) >= 11 is 0. The SMILES string of the molecule is CC(C)CC1CN(CCCCN(C)C(C)C)CCN1. The van der Waals surface area contributed by atoms with Gasteiger partial charge in [0.15, 0.2) is 0 Å². The maximum atomic E-state index is 3.65. The molecule has 1 N–H and O–H groups in total. The molecule has 1 heterocycles. The van der Waals surface area contributed by atoms with E-state index >= 15 is 0 Å². The van der Waals surface area contributed by atoms with Gasteiger partial charge in [0, 0.05) is 31.7 Å². The average molecular weight is 269 g/mol. The summed E-state index contributed by atoms with van der Waals surface area (Å²) in [6, 6.07) is 1.39. The molecule has 1 unspecified atom stereocenters. The van der Waals surface area contributed by atoms with E-state index in [1.165, 1.54) is 52.0 Å². The first-order valence-electron chi connectivity index (χ1n) is 8.15. The Kier molecular flexibility index (Phi) is 7.96. The van der Waals surface area contributed by atoms with E-state index in [1.54, 1.807) is 0 Å². The molecule has 0 saturated carbocycles. The van der Waals surface area contributed by atoms with E-state index in [4.69, 9.17) is 0 Å². The number of nitrogens with zero attached hydrogens (tertiary/aromatic N) is 2. The van der Waals surface area contributed by atoms with Crippen LogP contribution in [0.5, 0.6) is 0 Å². The number of unbranched alkanes of at least 4 members (excludes halogenated alkanes) is 1. The summed E-state index contributed by atoms with van der Waals surface area (Å²) in [4.78, 5) is 5.10. The monoisotopic (exact) mass is 269 g/mol. The fourth-order valence-corrected chi connectivity index (χ4v) is 2.78. The third-order valence-corrected chi connectivity index (χ3v) is 4.21. The molecule has 3 heteroatoms. The minimum Gasteiger partial charge on any atom is -0.311 e. The molecule has 0 aromatic carbocycles. The molecule has 1 aliphatic rings. The van der Waals surface area contributed by atoms with Crippen molar-refractivity contribution in [1.29, 1.82) is 0 Å². The molecule has 1 fully saturated rings. The Morgan fingerprint density at radius 2 is 1.95 bits per heavy atom. The Morgan fingerprint density at radius 1 is 1.21 bits per heavy atom. The number of nitrogens with one attached hydrogen (secondary N) is 1. The van der Waals surface area contributed by atoms with E-state index in [1.807, 2.05) is 0 Å². The van der Waals surface area contributed by atoms with E-state index in [9.17, 15) is 0 Å². The van der Waals surface area contributed by atoms with Crippen LogP contribution in [0.25, 0.3) is 0 Å². The van der Waals surface area contributed by atoms with Crippen LogP contribution in [0, 0.1) is 5.92 Å². The van der Waals surface area contributed by atoms with Crippen LogP contribution in [0.2, 0.25) is 0 Å². The lowest BCUT2D eigenvalue weighted by molar-refractivity contribution is 0.179. The minimum absolute atomic E-state index is 0.676. The van der Waals surface area contributed by atoms with Crippen molar-refractivity contribution in [1.82, 2.24) is 15.1 Å². The lowest BCUT2D eigenvalue weighted by Crippen LogP contribution is -2.51. The Balaban J connectivity index is 2.12. The Morgan fingerprint density at radius 3 is 2.58 bits per heavy atom. The zero-order chi connectivity index (χ0) is 14.3. The Labute approximate surface area is 120 Å². The summed E-state index contributed by atoms with van der Waals surface area (Å²) in [7, 11) is 2.23. The zero-order valence-corrected chi connectivity index (χ0v) is 13.8.